The van der Waals surface area contributed by atoms with E-state index in [0.717, 1.165) is 41.3 Å². The molecule has 8 nitrogen and oxygen atoms in total. The number of piperazine rings is 1. The Kier molecular flexibility index (Phi) is 8.42. The van der Waals surface area contributed by atoms with Crippen LogP contribution in [0, 0.1) is 0 Å². The molecule has 0 aliphatic carbocycles. The molecule has 2 saturated heterocycles. The van der Waals surface area contributed by atoms with Crippen molar-refractivity contribution in [3.8, 4) is 5.75 Å². The summed E-state index contributed by atoms with van der Waals surface area (Å²) in [7, 11) is -5.42. The zero-order valence-corrected chi connectivity index (χ0v) is 24.4. The third-order valence-electron chi connectivity index (χ3n) is 7.29. The van der Waals surface area contributed by atoms with E-state index in [1.165, 1.54) is 4.90 Å². The van der Waals surface area contributed by atoms with E-state index in [1.807, 2.05) is 30.5 Å². The van der Waals surface area contributed by atoms with Crippen molar-refractivity contribution in [3.05, 3.63) is 28.4 Å². The van der Waals surface area contributed by atoms with Crippen LogP contribution >= 0.6 is 15.9 Å². The van der Waals surface area contributed by atoms with Crippen LogP contribution in [0.25, 0.3) is 10.9 Å². The number of fused-ring (bicyclic) bond motifs is 1. The number of hydrogen-bond acceptors (Lipinski definition) is 5. The van der Waals surface area contributed by atoms with E-state index >= 15 is 0 Å². The van der Waals surface area contributed by atoms with Gasteiger partial charge >= 0.3 is 15.5 Å². The first kappa shape index (κ1) is 29.2. The van der Waals surface area contributed by atoms with Gasteiger partial charge in [0.25, 0.3) is 5.91 Å². The first-order valence-electron chi connectivity index (χ1n) is 12.8. The number of benzene rings is 1. The van der Waals surface area contributed by atoms with Gasteiger partial charge in [0.05, 0.1) is 9.99 Å². The molecule has 2 aliphatic heterocycles. The van der Waals surface area contributed by atoms with Gasteiger partial charge in [-0.15, -0.1) is 0 Å². The van der Waals surface area contributed by atoms with Gasteiger partial charge in [0, 0.05) is 56.7 Å². The number of halogens is 4. The van der Waals surface area contributed by atoms with Gasteiger partial charge in [-0.25, -0.2) is 8.42 Å². The number of likely N-dealkylation sites (tertiary alicyclic amines) is 1. The van der Waals surface area contributed by atoms with E-state index in [9.17, 15) is 26.4 Å². The molecule has 4 rings (SSSR count). The Morgan fingerprint density at radius 1 is 0.974 bits per heavy atom. The van der Waals surface area contributed by atoms with E-state index in [4.69, 9.17) is 4.74 Å². The zero-order chi connectivity index (χ0) is 28.0. The summed E-state index contributed by atoms with van der Waals surface area (Å²) in [6, 6.07) is 6.05. The highest BCUT2D eigenvalue weighted by atomic mass is 79.9. The topological polar surface area (TPSA) is 75.1 Å². The Morgan fingerprint density at radius 3 is 2.11 bits per heavy atom. The second kappa shape index (κ2) is 11.0. The molecule has 0 saturated carbocycles. The molecule has 38 heavy (non-hydrogen) atoms. The van der Waals surface area contributed by atoms with Gasteiger partial charge in [0.2, 0.25) is 0 Å². The minimum atomic E-state index is -5.42. The lowest BCUT2D eigenvalue weighted by molar-refractivity contribution is -0.0497. The molecular weight excluding hydrogens is 589 g/mol. The van der Waals surface area contributed by atoms with Crippen LogP contribution in [-0.4, -0.2) is 89.9 Å². The van der Waals surface area contributed by atoms with Crippen molar-refractivity contribution in [3.63, 3.8) is 0 Å². The first-order valence-corrected chi connectivity index (χ1v) is 15.0. The number of ether oxygens (including phenoxy) is 1. The van der Waals surface area contributed by atoms with Crippen molar-refractivity contribution in [2.24, 2.45) is 0 Å². The summed E-state index contributed by atoms with van der Waals surface area (Å²) in [4.78, 5) is 17.3. The molecule has 0 unspecified atom stereocenters. The summed E-state index contributed by atoms with van der Waals surface area (Å²) in [5.41, 5.74) is -4.13. The van der Waals surface area contributed by atoms with Crippen LogP contribution in [0.3, 0.4) is 0 Å². The Bertz CT molecular complexity index is 1280. The predicted octanol–water partition coefficient (Wildman–Crippen LogP) is 4.84. The standard InChI is InChI=1S/C25H34BrF3N4O4S/c1-16(2)30-7-5-19(6-8-30)37-23-14-18-13-22(33(17(3)4)21(18)15-20(23)26)24(34)31-9-11-32(12-10-31)38(35,36)25(27,28)29/h13-17,19H,5-12H2,1-4H3. The van der Waals surface area contributed by atoms with Gasteiger partial charge in [-0.3, -0.25) is 4.79 Å². The number of aromatic nitrogens is 1. The smallest absolute Gasteiger partial charge is 0.489 e. The number of rotatable bonds is 6. The Morgan fingerprint density at radius 2 is 1.58 bits per heavy atom. The van der Waals surface area contributed by atoms with Crippen molar-refractivity contribution in [2.75, 3.05) is 39.3 Å². The van der Waals surface area contributed by atoms with Gasteiger partial charge in [-0.05, 0) is 74.7 Å². The maximum atomic E-state index is 13.5. The summed E-state index contributed by atoms with van der Waals surface area (Å²) in [5, 5.41) is 0.818. The van der Waals surface area contributed by atoms with E-state index in [1.54, 1.807) is 6.07 Å². The lowest BCUT2D eigenvalue weighted by atomic mass is 10.1. The van der Waals surface area contributed by atoms with E-state index in [2.05, 4.69) is 34.7 Å². The molecular formula is C25H34BrF3N4O4S. The minimum absolute atomic E-state index is 0.0719. The number of carbonyl (C=O) groups is 1. The van der Waals surface area contributed by atoms with Gasteiger partial charge in [-0.2, -0.15) is 17.5 Å². The number of hydrogen-bond donors (Lipinski definition) is 0. The van der Waals surface area contributed by atoms with Crippen LogP contribution < -0.4 is 4.74 Å². The number of carbonyl (C=O) groups excluding carboxylic acids is 1. The average molecular weight is 624 g/mol. The maximum absolute atomic E-state index is 13.5. The Hall–Kier alpha value is -1.83. The fraction of sp³-hybridized carbons (Fsp3) is 0.640. The molecule has 1 amide bonds. The number of sulfonamides is 1. The monoisotopic (exact) mass is 622 g/mol. The van der Waals surface area contributed by atoms with Crippen molar-refractivity contribution in [2.45, 2.75) is 64.2 Å². The third kappa shape index (κ3) is 5.71. The molecule has 1 aromatic heterocycles. The van der Waals surface area contributed by atoms with Crippen LogP contribution in [0.5, 0.6) is 5.75 Å². The number of nitrogens with zero attached hydrogens (tertiary/aromatic N) is 4. The average Bonchev–Trinajstić information content (AvgIpc) is 3.22. The number of alkyl halides is 3. The van der Waals surface area contributed by atoms with E-state index in [-0.39, 0.29) is 31.1 Å². The van der Waals surface area contributed by atoms with Gasteiger partial charge in [0.1, 0.15) is 17.5 Å². The highest BCUT2D eigenvalue weighted by Gasteiger charge is 2.50. The van der Waals surface area contributed by atoms with Crippen LogP contribution in [0.1, 0.15) is 57.1 Å². The van der Waals surface area contributed by atoms with Crippen molar-refractivity contribution in [1.82, 2.24) is 18.7 Å². The van der Waals surface area contributed by atoms with Crippen molar-refractivity contribution >= 4 is 42.8 Å². The molecule has 2 fully saturated rings. The normalized spacial score (nSPS) is 19.2. The minimum Gasteiger partial charge on any atom is -0.489 e. The second-order valence-electron chi connectivity index (χ2n) is 10.4. The molecule has 0 atom stereocenters. The van der Waals surface area contributed by atoms with Gasteiger partial charge in [0.15, 0.2) is 0 Å². The van der Waals surface area contributed by atoms with Gasteiger partial charge < -0.3 is 19.1 Å². The highest BCUT2D eigenvalue weighted by molar-refractivity contribution is 9.10. The third-order valence-corrected chi connectivity index (χ3v) is 9.54. The molecule has 212 valence electrons. The molecule has 0 spiro atoms. The molecule has 13 heteroatoms. The molecule has 0 radical (unpaired) electrons. The molecule has 2 aromatic rings. The maximum Gasteiger partial charge on any atom is 0.511 e. The van der Waals surface area contributed by atoms with Crippen molar-refractivity contribution in [1.29, 1.82) is 0 Å². The largest absolute Gasteiger partial charge is 0.511 e. The molecule has 0 N–H and O–H groups in total. The van der Waals surface area contributed by atoms with E-state index in [0.29, 0.717) is 21.8 Å². The van der Waals surface area contributed by atoms with Crippen molar-refractivity contribution < 1.29 is 31.1 Å². The van der Waals surface area contributed by atoms with Crippen LogP contribution in [0.2, 0.25) is 0 Å². The Labute approximate surface area is 229 Å². The summed E-state index contributed by atoms with van der Waals surface area (Å²) in [6.45, 7) is 9.16. The second-order valence-corrected chi connectivity index (χ2v) is 13.2. The molecule has 1 aromatic carbocycles. The van der Waals surface area contributed by atoms with Crippen LogP contribution in [0.4, 0.5) is 13.2 Å². The Balaban J connectivity index is 1.54. The fourth-order valence-electron chi connectivity index (χ4n) is 5.17. The fourth-order valence-corrected chi connectivity index (χ4v) is 6.53. The molecule has 2 aliphatic rings. The zero-order valence-electron chi connectivity index (χ0n) is 22.0. The van der Waals surface area contributed by atoms with Crippen LogP contribution in [0.15, 0.2) is 22.7 Å². The summed E-state index contributed by atoms with van der Waals surface area (Å²) >= 11 is 3.63. The summed E-state index contributed by atoms with van der Waals surface area (Å²) < 4.78 is 71.7. The molecule has 0 bridgehead atoms. The first-order chi connectivity index (χ1) is 17.7. The summed E-state index contributed by atoms with van der Waals surface area (Å²) in [6.07, 6.45) is 1.95. The number of amides is 1. The molecule has 3 heterocycles. The lowest BCUT2D eigenvalue weighted by Crippen LogP contribution is -2.53. The van der Waals surface area contributed by atoms with Gasteiger partial charge in [-0.1, -0.05) is 0 Å². The lowest BCUT2D eigenvalue weighted by Gasteiger charge is -2.34. The highest BCUT2D eigenvalue weighted by Crippen LogP contribution is 2.36. The number of piperidine rings is 1. The van der Waals surface area contributed by atoms with Crippen LogP contribution in [-0.2, 0) is 10.0 Å². The van der Waals surface area contributed by atoms with E-state index < -0.39 is 28.6 Å². The quantitative estimate of drug-likeness (QED) is 0.461. The SMILES string of the molecule is CC(C)N1CCC(Oc2cc3cc(C(=O)N4CCN(S(=O)(=O)C(F)(F)F)CC4)n(C(C)C)c3cc2Br)CC1. The summed E-state index contributed by atoms with van der Waals surface area (Å²) in [5.74, 6) is 0.352. The predicted molar refractivity (Wildman–Crippen MR) is 143 cm³/mol.